The zero-order valence-corrected chi connectivity index (χ0v) is 22.8. The normalized spacial score (nSPS) is 11.1. The van der Waals surface area contributed by atoms with Crippen molar-refractivity contribution in [2.75, 3.05) is 0 Å². The molecular weight excluding hydrogens is 502 g/mol. The molecule has 1 amide bonds. The monoisotopic (exact) mass is 533 g/mol. The van der Waals surface area contributed by atoms with Crippen LogP contribution >= 0.6 is 0 Å². The molecule has 0 fully saturated rings. The molecule has 2 heterocycles. The van der Waals surface area contributed by atoms with Gasteiger partial charge in [-0.1, -0.05) is 42.0 Å². The highest BCUT2D eigenvalue weighted by Crippen LogP contribution is 2.21. The molecule has 0 spiro atoms. The van der Waals surface area contributed by atoms with Gasteiger partial charge in [-0.05, 0) is 87.0 Å². The van der Waals surface area contributed by atoms with Crippen molar-refractivity contribution in [3.05, 3.63) is 137 Å². The number of nitrogens with one attached hydrogen (secondary N) is 1. The van der Waals surface area contributed by atoms with Crippen LogP contribution in [0.15, 0.2) is 107 Å². The predicted molar refractivity (Wildman–Crippen MR) is 155 cm³/mol. The number of benzene rings is 3. The van der Waals surface area contributed by atoms with Gasteiger partial charge in [-0.15, -0.1) is 0 Å². The summed E-state index contributed by atoms with van der Waals surface area (Å²) in [7, 11) is 0. The number of ether oxygens (including phenoxy) is 2. The van der Waals surface area contributed by atoms with Gasteiger partial charge in [0.25, 0.3) is 0 Å². The van der Waals surface area contributed by atoms with Crippen LogP contribution in [0, 0.1) is 20.8 Å². The molecule has 0 saturated heterocycles. The van der Waals surface area contributed by atoms with Crippen LogP contribution in [0.2, 0.25) is 0 Å². The van der Waals surface area contributed by atoms with Crippen LogP contribution in [0.5, 0.6) is 11.5 Å². The summed E-state index contributed by atoms with van der Waals surface area (Å²) < 4.78 is 19.7. The van der Waals surface area contributed by atoms with Crippen LogP contribution in [0.3, 0.4) is 0 Å². The van der Waals surface area contributed by atoms with Gasteiger partial charge >= 0.3 is 5.91 Å². The quantitative estimate of drug-likeness (QED) is 0.156. The molecule has 0 unspecified atom stereocenters. The lowest BCUT2D eigenvalue weighted by Crippen LogP contribution is -2.16. The molecular formula is C33H31N3O4. The summed E-state index contributed by atoms with van der Waals surface area (Å²) in [5.41, 5.74) is 8.95. The lowest BCUT2D eigenvalue weighted by Gasteiger charge is -2.10. The lowest BCUT2D eigenvalue weighted by molar-refractivity contribution is 0.0923. The smallest absolute Gasteiger partial charge is 0.307 e. The first-order valence-electron chi connectivity index (χ1n) is 13.0. The highest BCUT2D eigenvalue weighted by molar-refractivity contribution is 5.92. The van der Waals surface area contributed by atoms with Crippen molar-refractivity contribution in [3.8, 4) is 17.2 Å². The number of carbonyl (C=O) groups excluding carboxylic acids is 1. The van der Waals surface area contributed by atoms with Crippen molar-refractivity contribution >= 4 is 12.1 Å². The Morgan fingerprint density at radius 1 is 0.825 bits per heavy atom. The third kappa shape index (κ3) is 6.50. The summed E-state index contributed by atoms with van der Waals surface area (Å²) in [6.45, 7) is 6.84. The van der Waals surface area contributed by atoms with Crippen LogP contribution in [-0.4, -0.2) is 16.7 Å². The van der Waals surface area contributed by atoms with E-state index in [0.717, 1.165) is 16.8 Å². The predicted octanol–water partition coefficient (Wildman–Crippen LogP) is 6.92. The van der Waals surface area contributed by atoms with Crippen molar-refractivity contribution in [2.24, 2.45) is 5.10 Å². The molecule has 5 rings (SSSR count). The number of aromatic nitrogens is 1. The molecule has 7 nitrogen and oxygen atoms in total. The average molecular weight is 534 g/mol. The second-order valence-corrected chi connectivity index (χ2v) is 9.51. The minimum atomic E-state index is -0.456. The second kappa shape index (κ2) is 12.2. The van der Waals surface area contributed by atoms with E-state index in [0.29, 0.717) is 23.9 Å². The Morgan fingerprint density at radius 3 is 2.30 bits per heavy atom. The van der Waals surface area contributed by atoms with Crippen molar-refractivity contribution in [1.29, 1.82) is 0 Å². The second-order valence-electron chi connectivity index (χ2n) is 9.51. The van der Waals surface area contributed by atoms with Gasteiger partial charge in [0.15, 0.2) is 5.76 Å². The highest BCUT2D eigenvalue weighted by atomic mass is 16.5. The summed E-state index contributed by atoms with van der Waals surface area (Å²) in [6, 6.07) is 31.1. The Kier molecular flexibility index (Phi) is 8.11. The third-order valence-electron chi connectivity index (χ3n) is 6.44. The van der Waals surface area contributed by atoms with E-state index in [-0.39, 0.29) is 12.4 Å². The van der Waals surface area contributed by atoms with E-state index in [1.807, 2.05) is 60.7 Å². The van der Waals surface area contributed by atoms with E-state index in [2.05, 4.69) is 60.1 Å². The van der Waals surface area contributed by atoms with Gasteiger partial charge in [0.05, 0.1) is 6.21 Å². The minimum Gasteiger partial charge on any atom is -0.488 e. The number of hydrogen-bond donors (Lipinski definition) is 1. The number of hydrogen-bond acceptors (Lipinski definition) is 5. The van der Waals surface area contributed by atoms with E-state index in [1.54, 1.807) is 18.3 Å². The zero-order chi connectivity index (χ0) is 27.9. The number of amides is 1. The number of nitrogens with zero attached hydrogens (tertiary/aromatic N) is 2. The van der Waals surface area contributed by atoms with Gasteiger partial charge in [-0.2, -0.15) is 5.10 Å². The molecule has 40 heavy (non-hydrogen) atoms. The first kappa shape index (κ1) is 26.6. The van der Waals surface area contributed by atoms with Crippen LogP contribution in [0.25, 0.3) is 5.69 Å². The molecule has 202 valence electrons. The molecule has 1 N–H and O–H groups in total. The average Bonchev–Trinajstić information content (AvgIpc) is 3.58. The molecule has 0 bridgehead atoms. The van der Waals surface area contributed by atoms with Crippen molar-refractivity contribution in [1.82, 2.24) is 9.99 Å². The Hall–Kier alpha value is -5.04. The van der Waals surface area contributed by atoms with Crippen LogP contribution in [-0.2, 0) is 13.2 Å². The van der Waals surface area contributed by atoms with E-state index >= 15 is 0 Å². The molecule has 0 aliphatic heterocycles. The molecule has 5 aromatic rings. The van der Waals surface area contributed by atoms with E-state index in [1.165, 1.54) is 17.0 Å². The molecule has 7 heteroatoms. The van der Waals surface area contributed by atoms with Crippen LogP contribution in [0.4, 0.5) is 0 Å². The molecule has 0 aliphatic carbocycles. The third-order valence-corrected chi connectivity index (χ3v) is 6.44. The topological polar surface area (TPSA) is 78.0 Å². The number of aryl methyl sites for hydroxylation is 3. The maximum atomic E-state index is 12.6. The van der Waals surface area contributed by atoms with Gasteiger partial charge in [0.2, 0.25) is 0 Å². The standard InChI is InChI=1S/C33H31N3O4/c1-23-8-12-26(13-9-23)21-39-31-7-5-4-6-27(31)20-34-35-33(37)32-19-18-30(40-32)22-38-29-16-14-28(15-17-29)36-24(2)10-11-25(36)3/h4-20H,21-22H2,1-3H3,(H,35,37)/b34-20+. The summed E-state index contributed by atoms with van der Waals surface area (Å²) in [5.74, 6) is 1.60. The van der Waals surface area contributed by atoms with Crippen molar-refractivity contribution < 1.29 is 18.7 Å². The maximum absolute atomic E-state index is 12.6. The van der Waals surface area contributed by atoms with E-state index < -0.39 is 5.91 Å². The fourth-order valence-corrected chi connectivity index (χ4v) is 4.28. The minimum absolute atomic E-state index is 0.147. The Bertz CT molecular complexity index is 1590. The van der Waals surface area contributed by atoms with Gasteiger partial charge < -0.3 is 18.5 Å². The SMILES string of the molecule is Cc1ccc(COc2ccccc2/C=N/NC(=O)c2ccc(COc3ccc(-n4c(C)ccc4C)cc3)o2)cc1. The van der Waals surface area contributed by atoms with E-state index in [9.17, 15) is 4.79 Å². The molecule has 2 aromatic heterocycles. The van der Waals surface area contributed by atoms with Crippen molar-refractivity contribution in [3.63, 3.8) is 0 Å². The van der Waals surface area contributed by atoms with E-state index in [4.69, 9.17) is 13.9 Å². The molecule has 0 aliphatic rings. The molecule has 0 radical (unpaired) electrons. The number of carbonyl (C=O) groups is 1. The molecule has 0 atom stereocenters. The first-order chi connectivity index (χ1) is 19.5. The Labute approximate surface area is 233 Å². The fourth-order valence-electron chi connectivity index (χ4n) is 4.28. The lowest BCUT2D eigenvalue weighted by atomic mass is 10.1. The number of hydrazone groups is 1. The van der Waals surface area contributed by atoms with Gasteiger partial charge in [-0.25, -0.2) is 5.43 Å². The maximum Gasteiger partial charge on any atom is 0.307 e. The first-order valence-corrected chi connectivity index (χ1v) is 13.0. The molecule has 3 aromatic carbocycles. The summed E-state index contributed by atoms with van der Waals surface area (Å²) in [4.78, 5) is 12.6. The summed E-state index contributed by atoms with van der Waals surface area (Å²) in [5, 5.41) is 4.09. The fraction of sp³-hybridized carbons (Fsp3) is 0.152. The largest absolute Gasteiger partial charge is 0.488 e. The molecule has 0 saturated carbocycles. The zero-order valence-electron chi connectivity index (χ0n) is 22.8. The van der Waals surface area contributed by atoms with Crippen LogP contribution in [0.1, 0.15) is 44.4 Å². The Morgan fingerprint density at radius 2 is 1.55 bits per heavy atom. The summed E-state index contributed by atoms with van der Waals surface area (Å²) >= 11 is 0. The van der Waals surface area contributed by atoms with Gasteiger partial charge in [0, 0.05) is 22.6 Å². The van der Waals surface area contributed by atoms with Crippen LogP contribution < -0.4 is 14.9 Å². The highest BCUT2D eigenvalue weighted by Gasteiger charge is 2.11. The summed E-state index contributed by atoms with van der Waals surface area (Å²) in [6.07, 6.45) is 1.55. The number of rotatable bonds is 10. The number of para-hydroxylation sites is 1. The van der Waals surface area contributed by atoms with Crippen molar-refractivity contribution in [2.45, 2.75) is 34.0 Å². The number of furan rings is 1. The van der Waals surface area contributed by atoms with Gasteiger partial charge in [0.1, 0.15) is 30.5 Å². The van der Waals surface area contributed by atoms with Gasteiger partial charge in [-0.3, -0.25) is 4.79 Å². The Balaban J connectivity index is 1.13.